The van der Waals surface area contributed by atoms with Gasteiger partial charge in [0.2, 0.25) is 0 Å². The number of allylic oxidation sites excluding steroid dienone is 1. The van der Waals surface area contributed by atoms with Crippen LogP contribution >= 0.6 is 0 Å². The molecule has 1 unspecified atom stereocenters. The maximum Gasteiger partial charge on any atom is 3.00 e. The fraction of sp³-hybridized carbons (Fsp3) is 0.182. The van der Waals surface area contributed by atoms with Gasteiger partial charge < -0.3 is 30.7 Å². The molecule has 0 fully saturated rings. The van der Waals surface area contributed by atoms with E-state index in [1.54, 1.807) is 5.92 Å². The van der Waals surface area contributed by atoms with Gasteiger partial charge in [-0.25, -0.2) is 0 Å². The summed E-state index contributed by atoms with van der Waals surface area (Å²) >= 11 is 0. The van der Waals surface area contributed by atoms with Crippen LogP contribution < -0.4 is 24.8 Å². The van der Waals surface area contributed by atoms with Gasteiger partial charge >= 0.3 is 26.2 Å². The maximum absolute atomic E-state index is 4.07. The van der Waals surface area contributed by atoms with Crippen LogP contribution in [0.1, 0.15) is 53.9 Å². The normalized spacial score (nSPS) is 13.5. The van der Waals surface area contributed by atoms with E-state index in [2.05, 4.69) is 117 Å². The molecule has 0 bridgehead atoms. The Bertz CT molecular complexity index is 1260. The SMILES string of the molecule is C=CCCC([C-](C)C1c2ccccc2-c2ccccc21)C1c2ccccc2-c2ccccc21.[Cl-].[Cl-].[Si].[Zr+3]. The first kappa shape index (κ1) is 31.5. The summed E-state index contributed by atoms with van der Waals surface area (Å²) < 4.78 is 0. The van der Waals surface area contributed by atoms with E-state index in [-0.39, 0.29) is 62.0 Å². The molecule has 2 aliphatic rings. The first-order valence-corrected chi connectivity index (χ1v) is 12.1. The van der Waals surface area contributed by atoms with Gasteiger partial charge in [-0.05, 0) is 45.7 Å². The summed E-state index contributed by atoms with van der Waals surface area (Å²) in [7, 11) is 0. The minimum atomic E-state index is 0. The van der Waals surface area contributed by atoms with E-state index in [9.17, 15) is 0 Å². The standard InChI is InChI=1S/C33H29.2ClH.Si.Zr/c1-3-4-13-23(33-30-20-11-7-16-26(30)27-17-8-12-21-31(27)33)22(2)32-28-18-9-5-14-24(28)25-15-6-10-19-29(25)32;;;;/h3,5-12,14-21,23,32-33H,1,4,13H2,2H3;2*1H;;/q-1;;;;+3/p-2. The summed E-state index contributed by atoms with van der Waals surface area (Å²) in [6, 6.07) is 36.1. The molecule has 1 atom stereocenters. The molecule has 4 heteroatoms. The number of hydrogen-bond acceptors (Lipinski definition) is 0. The van der Waals surface area contributed by atoms with Crippen LogP contribution in [0.5, 0.6) is 0 Å². The van der Waals surface area contributed by atoms with Crippen molar-refractivity contribution in [1.29, 1.82) is 0 Å². The first-order valence-electron chi connectivity index (χ1n) is 12.1. The molecular formula is C33H29Cl2SiZr. The average Bonchev–Trinajstić information content (AvgIpc) is 3.38. The summed E-state index contributed by atoms with van der Waals surface area (Å²) in [5.41, 5.74) is 11.5. The Hall–Kier alpha value is -1.70. The zero-order chi connectivity index (χ0) is 22.4. The molecule has 4 aromatic rings. The summed E-state index contributed by atoms with van der Waals surface area (Å²) in [5.74, 6) is 2.74. The Labute approximate surface area is 258 Å². The molecule has 0 heterocycles. The van der Waals surface area contributed by atoms with Gasteiger partial charge in [-0.2, -0.15) is 12.8 Å². The molecule has 37 heavy (non-hydrogen) atoms. The van der Waals surface area contributed by atoms with Gasteiger partial charge in [0.25, 0.3) is 0 Å². The number of rotatable bonds is 6. The summed E-state index contributed by atoms with van der Waals surface area (Å²) in [4.78, 5) is 0. The number of fused-ring (bicyclic) bond motifs is 6. The molecule has 6 rings (SSSR count). The second-order valence-electron chi connectivity index (χ2n) is 9.48. The molecule has 0 N–H and O–H groups in total. The molecule has 0 saturated carbocycles. The van der Waals surface area contributed by atoms with Gasteiger partial charge in [-0.15, -0.1) is 12.5 Å². The Kier molecular flexibility index (Phi) is 11.4. The van der Waals surface area contributed by atoms with E-state index in [1.807, 2.05) is 0 Å². The van der Waals surface area contributed by atoms with Crippen molar-refractivity contribution in [2.24, 2.45) is 5.92 Å². The van der Waals surface area contributed by atoms with Crippen LogP contribution in [-0.2, 0) is 26.2 Å². The van der Waals surface area contributed by atoms with Gasteiger partial charge in [0.15, 0.2) is 0 Å². The van der Waals surface area contributed by atoms with E-state index in [1.165, 1.54) is 44.5 Å². The minimum Gasteiger partial charge on any atom is -1.00 e. The van der Waals surface area contributed by atoms with E-state index >= 15 is 0 Å². The van der Waals surface area contributed by atoms with Crippen LogP contribution in [-0.4, -0.2) is 11.0 Å². The second kappa shape index (κ2) is 13.4. The molecule has 0 saturated heterocycles. The van der Waals surface area contributed by atoms with Crippen LogP contribution in [0.25, 0.3) is 22.3 Å². The van der Waals surface area contributed by atoms with Gasteiger partial charge in [0, 0.05) is 11.0 Å². The van der Waals surface area contributed by atoms with Crippen molar-refractivity contribution >= 4 is 11.0 Å². The second-order valence-corrected chi connectivity index (χ2v) is 9.48. The third-order valence-corrected chi connectivity index (χ3v) is 7.84. The van der Waals surface area contributed by atoms with Gasteiger partial charge in [-0.3, -0.25) is 0 Å². The third-order valence-electron chi connectivity index (χ3n) is 7.84. The molecule has 4 aromatic carbocycles. The topological polar surface area (TPSA) is 0 Å². The summed E-state index contributed by atoms with van der Waals surface area (Å²) in [6.45, 7) is 6.48. The quantitative estimate of drug-likeness (QED) is 0.178. The maximum atomic E-state index is 4.07. The summed E-state index contributed by atoms with van der Waals surface area (Å²) in [6.07, 6.45) is 4.23. The Morgan fingerprint density at radius 1 is 0.676 bits per heavy atom. The third kappa shape index (κ3) is 5.28. The van der Waals surface area contributed by atoms with Gasteiger partial charge in [0.05, 0.1) is 0 Å². The van der Waals surface area contributed by atoms with E-state index in [4.69, 9.17) is 0 Å². The number of hydrogen-bond donors (Lipinski definition) is 0. The number of benzene rings is 4. The fourth-order valence-electron chi connectivity index (χ4n) is 6.44. The molecule has 183 valence electrons. The van der Waals surface area contributed by atoms with Crippen molar-refractivity contribution in [3.63, 3.8) is 0 Å². The van der Waals surface area contributed by atoms with Crippen LogP contribution in [0.15, 0.2) is 110 Å². The average molecular weight is 616 g/mol. The Morgan fingerprint density at radius 3 is 1.43 bits per heavy atom. The zero-order valence-electron chi connectivity index (χ0n) is 20.9. The van der Waals surface area contributed by atoms with Crippen molar-refractivity contribution in [2.45, 2.75) is 31.6 Å². The number of halogens is 2. The van der Waals surface area contributed by atoms with Crippen molar-refractivity contribution in [2.75, 3.05) is 0 Å². The summed E-state index contributed by atoms with van der Waals surface area (Å²) in [5, 5.41) is 0. The molecule has 0 amide bonds. The largest absolute Gasteiger partial charge is 3.00 e. The predicted octanol–water partition coefficient (Wildman–Crippen LogP) is 2.41. The molecule has 5 radical (unpaired) electrons. The van der Waals surface area contributed by atoms with Crippen LogP contribution in [0.3, 0.4) is 0 Å². The smallest absolute Gasteiger partial charge is 1.00 e. The molecule has 0 aliphatic heterocycles. The van der Waals surface area contributed by atoms with E-state index in [0.717, 1.165) is 12.8 Å². The van der Waals surface area contributed by atoms with Gasteiger partial charge in [0.1, 0.15) is 0 Å². The van der Waals surface area contributed by atoms with E-state index in [0.29, 0.717) is 17.8 Å². The molecule has 0 aromatic heterocycles. The first-order chi connectivity index (χ1) is 16.3. The molecule has 0 spiro atoms. The van der Waals surface area contributed by atoms with Crippen LogP contribution in [0.2, 0.25) is 0 Å². The monoisotopic (exact) mass is 613 g/mol. The zero-order valence-corrected chi connectivity index (χ0v) is 25.9. The van der Waals surface area contributed by atoms with Crippen molar-refractivity contribution in [3.05, 3.63) is 138 Å². The minimum absolute atomic E-state index is 0. The molecular weight excluding hydrogens is 587 g/mol. The van der Waals surface area contributed by atoms with Gasteiger partial charge in [-0.1, -0.05) is 121 Å². The predicted molar refractivity (Wildman–Crippen MR) is 145 cm³/mol. The Morgan fingerprint density at radius 2 is 1.03 bits per heavy atom. The molecule has 0 nitrogen and oxygen atoms in total. The van der Waals surface area contributed by atoms with Crippen LogP contribution in [0, 0.1) is 11.8 Å². The molecule has 2 aliphatic carbocycles. The Balaban J connectivity index is 0.00000120. The van der Waals surface area contributed by atoms with Crippen molar-refractivity contribution in [1.82, 2.24) is 0 Å². The fourth-order valence-corrected chi connectivity index (χ4v) is 6.44. The van der Waals surface area contributed by atoms with E-state index < -0.39 is 0 Å². The van der Waals surface area contributed by atoms with Crippen molar-refractivity contribution < 1.29 is 51.0 Å². The van der Waals surface area contributed by atoms with Crippen molar-refractivity contribution in [3.8, 4) is 22.3 Å². The van der Waals surface area contributed by atoms with Crippen LogP contribution in [0.4, 0.5) is 0 Å².